The molecule has 0 amide bonds. The van der Waals surface area contributed by atoms with Crippen molar-refractivity contribution >= 4 is 21.8 Å². The molecule has 0 radical (unpaired) electrons. The van der Waals surface area contributed by atoms with Gasteiger partial charge in [0.25, 0.3) is 0 Å². The number of hydrogen-bond donors (Lipinski definition) is 0. The van der Waals surface area contributed by atoms with Crippen LogP contribution in [-0.2, 0) is 0 Å². The molecule has 254 valence electrons. The first-order valence-electron chi connectivity index (χ1n) is 18.1. The summed E-state index contributed by atoms with van der Waals surface area (Å²) in [6, 6.07) is 35.1. The lowest BCUT2D eigenvalue weighted by Crippen LogP contribution is -2.06. The monoisotopic (exact) mass is 659 g/mol. The number of hydrogen-bond acceptors (Lipinski definition) is 2. The van der Waals surface area contributed by atoms with Crippen LogP contribution in [0.5, 0.6) is 11.5 Å². The average molecular weight is 660 g/mol. The van der Waals surface area contributed by atoms with Gasteiger partial charge in [-0.25, -0.2) is 4.68 Å². The van der Waals surface area contributed by atoms with Crippen molar-refractivity contribution in [2.24, 2.45) is 0 Å². The Balaban J connectivity index is 1.39. The lowest BCUT2D eigenvalue weighted by molar-refractivity contribution is 0.481. The minimum Gasteiger partial charge on any atom is -0.457 e. The number of benzene rings is 5. The minimum atomic E-state index is 0.253. The quantitative estimate of drug-likeness (QED) is 0.163. The summed E-state index contributed by atoms with van der Waals surface area (Å²) in [5.74, 6) is 2.44. The van der Waals surface area contributed by atoms with E-state index in [4.69, 9.17) is 9.84 Å². The first kappa shape index (κ1) is 33.4. The van der Waals surface area contributed by atoms with Gasteiger partial charge in [0, 0.05) is 34.2 Å². The van der Waals surface area contributed by atoms with Gasteiger partial charge in [-0.2, -0.15) is 5.10 Å². The van der Waals surface area contributed by atoms with Crippen LogP contribution in [0.4, 0.5) is 0 Å². The molecule has 0 spiro atoms. The second-order valence-corrected chi connectivity index (χ2v) is 15.0. The van der Waals surface area contributed by atoms with E-state index < -0.39 is 0 Å². The number of nitrogens with zero attached hydrogens (tertiary/aromatic N) is 3. The summed E-state index contributed by atoms with van der Waals surface area (Å²) in [4.78, 5) is 0. The molecule has 7 rings (SSSR count). The van der Waals surface area contributed by atoms with E-state index in [2.05, 4.69) is 176 Å². The molecule has 2 aromatic heterocycles. The predicted octanol–water partition coefficient (Wildman–Crippen LogP) is 13.0. The van der Waals surface area contributed by atoms with Gasteiger partial charge < -0.3 is 9.30 Å². The highest BCUT2D eigenvalue weighted by atomic mass is 16.5. The van der Waals surface area contributed by atoms with Gasteiger partial charge in [-0.05, 0) is 116 Å². The number of aryl methyl sites for hydroxylation is 4. The predicted molar refractivity (Wildman–Crippen MR) is 211 cm³/mol. The largest absolute Gasteiger partial charge is 0.457 e. The van der Waals surface area contributed by atoms with Gasteiger partial charge in [-0.1, -0.05) is 89.6 Å². The molecule has 2 heterocycles. The molecule has 0 aliphatic heterocycles. The molecule has 0 saturated carbocycles. The van der Waals surface area contributed by atoms with Crippen molar-refractivity contribution in [2.45, 2.75) is 87.0 Å². The molecule has 0 unspecified atom stereocenters. The van der Waals surface area contributed by atoms with Crippen LogP contribution >= 0.6 is 0 Å². The second-order valence-electron chi connectivity index (χ2n) is 15.0. The highest BCUT2D eigenvalue weighted by Crippen LogP contribution is 2.42. The summed E-state index contributed by atoms with van der Waals surface area (Å²) in [5, 5.41) is 7.85. The van der Waals surface area contributed by atoms with E-state index in [9.17, 15) is 0 Å². The molecule has 4 heteroatoms. The third-order valence-corrected chi connectivity index (χ3v) is 9.93. The van der Waals surface area contributed by atoms with Crippen LogP contribution in [0.15, 0.2) is 97.1 Å². The SMILES string of the molecule is Cc1cccc(-n2c3ccccc3c3ccc(Oc4cc(C(C)C)cc(-n5nc(C(C)C)c(-c6c(C)cc(C)cc6C)c5C(C)C)c4)cc32)c1. The van der Waals surface area contributed by atoms with Crippen LogP contribution in [0.3, 0.4) is 0 Å². The Hall–Kier alpha value is -5.09. The van der Waals surface area contributed by atoms with Gasteiger partial charge in [0.2, 0.25) is 0 Å². The summed E-state index contributed by atoms with van der Waals surface area (Å²) in [6.45, 7) is 22.4. The van der Waals surface area contributed by atoms with Crippen LogP contribution in [0.1, 0.15) is 98.5 Å². The van der Waals surface area contributed by atoms with Crippen LogP contribution < -0.4 is 4.74 Å². The maximum Gasteiger partial charge on any atom is 0.129 e. The number of fused-ring (bicyclic) bond motifs is 3. The van der Waals surface area contributed by atoms with Gasteiger partial charge in [-0.15, -0.1) is 0 Å². The van der Waals surface area contributed by atoms with Crippen molar-refractivity contribution in [3.05, 3.63) is 136 Å². The first-order chi connectivity index (χ1) is 23.9. The van der Waals surface area contributed by atoms with Crippen molar-refractivity contribution in [3.8, 4) is 34.0 Å². The van der Waals surface area contributed by atoms with Crippen molar-refractivity contribution in [2.75, 3.05) is 0 Å². The smallest absolute Gasteiger partial charge is 0.129 e. The van der Waals surface area contributed by atoms with Crippen LogP contribution in [0, 0.1) is 27.7 Å². The van der Waals surface area contributed by atoms with Crippen molar-refractivity contribution < 1.29 is 4.74 Å². The van der Waals surface area contributed by atoms with Crippen LogP contribution in [0.25, 0.3) is 44.3 Å². The number of aromatic nitrogens is 3. The van der Waals surface area contributed by atoms with Crippen molar-refractivity contribution in [1.82, 2.24) is 14.3 Å². The maximum atomic E-state index is 6.82. The highest BCUT2D eigenvalue weighted by Gasteiger charge is 2.27. The number of para-hydroxylation sites is 1. The molecule has 0 aliphatic rings. The second kappa shape index (κ2) is 13.0. The van der Waals surface area contributed by atoms with E-state index in [-0.39, 0.29) is 11.8 Å². The maximum absolute atomic E-state index is 6.82. The molecular weight excluding hydrogens is 611 g/mol. The Morgan fingerprint density at radius 1 is 0.540 bits per heavy atom. The van der Waals surface area contributed by atoms with E-state index >= 15 is 0 Å². The molecule has 0 bridgehead atoms. The van der Waals surface area contributed by atoms with Gasteiger partial charge in [0.1, 0.15) is 11.5 Å². The Bertz CT molecular complexity index is 2360. The highest BCUT2D eigenvalue weighted by molar-refractivity contribution is 6.09. The summed E-state index contributed by atoms with van der Waals surface area (Å²) in [6.07, 6.45) is 0. The van der Waals surface area contributed by atoms with Gasteiger partial charge in [0.05, 0.1) is 28.1 Å². The first-order valence-corrected chi connectivity index (χ1v) is 18.1. The number of ether oxygens (including phenoxy) is 1. The fraction of sp³-hybridized carbons (Fsp3) is 0.283. The molecule has 0 saturated heterocycles. The normalized spacial score (nSPS) is 11.9. The molecule has 0 atom stereocenters. The molecule has 4 nitrogen and oxygen atoms in total. The van der Waals surface area contributed by atoms with E-state index in [1.807, 2.05) is 0 Å². The zero-order chi connectivity index (χ0) is 35.4. The van der Waals surface area contributed by atoms with Crippen LogP contribution in [-0.4, -0.2) is 14.3 Å². The molecular formula is C46H49N3O. The summed E-state index contributed by atoms with van der Waals surface area (Å²) >= 11 is 0. The minimum absolute atomic E-state index is 0.253. The van der Waals surface area contributed by atoms with Gasteiger partial charge in [-0.3, -0.25) is 0 Å². The molecule has 7 aromatic rings. The third kappa shape index (κ3) is 5.91. The number of rotatable bonds is 8. The molecule has 0 fully saturated rings. The molecule has 5 aromatic carbocycles. The lowest BCUT2D eigenvalue weighted by atomic mass is 9.87. The summed E-state index contributed by atoms with van der Waals surface area (Å²) in [7, 11) is 0. The zero-order valence-electron chi connectivity index (χ0n) is 31.2. The van der Waals surface area contributed by atoms with Gasteiger partial charge in [0.15, 0.2) is 0 Å². The molecule has 0 N–H and O–H groups in total. The Kier molecular flexibility index (Phi) is 8.68. The van der Waals surface area contributed by atoms with E-state index in [0.717, 1.165) is 34.1 Å². The summed E-state index contributed by atoms with van der Waals surface area (Å²) < 4.78 is 11.4. The standard InChI is InChI=1S/C46H49N3O/c1-27(2)34-23-36(49-46(29(5)6)44(45(47-49)28(3)4)43-32(9)20-31(8)21-33(43)10)25-38(24-34)50-37-18-19-40-39-16-11-12-17-41(39)48(42(40)26-37)35-15-13-14-30(7)22-35/h11-29H,1-10H3. The molecule has 50 heavy (non-hydrogen) atoms. The molecule has 0 aliphatic carbocycles. The van der Waals surface area contributed by atoms with Gasteiger partial charge >= 0.3 is 0 Å². The lowest BCUT2D eigenvalue weighted by Gasteiger charge is -2.19. The fourth-order valence-electron chi connectivity index (χ4n) is 7.73. The Labute approximate surface area is 297 Å². The fourth-order valence-corrected chi connectivity index (χ4v) is 7.73. The Morgan fingerprint density at radius 2 is 1.26 bits per heavy atom. The van der Waals surface area contributed by atoms with Crippen molar-refractivity contribution in [3.63, 3.8) is 0 Å². The average Bonchev–Trinajstić information content (AvgIpc) is 3.61. The van der Waals surface area contributed by atoms with E-state index in [1.165, 1.54) is 60.9 Å². The zero-order valence-corrected chi connectivity index (χ0v) is 31.2. The Morgan fingerprint density at radius 3 is 1.94 bits per heavy atom. The van der Waals surface area contributed by atoms with Crippen molar-refractivity contribution in [1.29, 1.82) is 0 Å². The van der Waals surface area contributed by atoms with Crippen LogP contribution in [0.2, 0.25) is 0 Å². The topological polar surface area (TPSA) is 32.0 Å². The van der Waals surface area contributed by atoms with E-state index in [0.29, 0.717) is 5.92 Å². The van der Waals surface area contributed by atoms with E-state index in [1.54, 1.807) is 0 Å². The summed E-state index contributed by atoms with van der Waals surface area (Å²) in [5.41, 5.74) is 15.8. The third-order valence-electron chi connectivity index (χ3n) is 9.93.